The zero-order chi connectivity index (χ0) is 10.6. The van der Waals surface area contributed by atoms with Crippen molar-refractivity contribution in [2.45, 2.75) is 39.9 Å². The Labute approximate surface area is 80.8 Å². The van der Waals surface area contributed by atoms with E-state index in [2.05, 4.69) is 0 Å². The second kappa shape index (κ2) is 5.11. The normalized spacial score (nSPS) is 13.3. The molecule has 4 nitrogen and oxygen atoms in total. The molecule has 0 radical (unpaired) electrons. The van der Waals surface area contributed by atoms with Gasteiger partial charge in [0.1, 0.15) is 0 Å². The van der Waals surface area contributed by atoms with Crippen LogP contribution in [0.4, 0.5) is 0 Å². The summed E-state index contributed by atoms with van der Waals surface area (Å²) in [4.78, 5) is 0. The Hall–Kier alpha value is 0.110. The SMILES string of the molecule is CC(C)OP(=O)(OC(C)C)N(C)C. The molecule has 13 heavy (non-hydrogen) atoms. The summed E-state index contributed by atoms with van der Waals surface area (Å²) in [5.41, 5.74) is 0. The number of hydrogen-bond donors (Lipinski definition) is 0. The molecular weight excluding hydrogens is 189 g/mol. The molecule has 0 rings (SSSR count). The third kappa shape index (κ3) is 4.77. The molecule has 0 amide bonds. The van der Waals surface area contributed by atoms with Crippen LogP contribution in [0.3, 0.4) is 0 Å². The zero-order valence-electron chi connectivity index (χ0n) is 9.27. The summed E-state index contributed by atoms with van der Waals surface area (Å²) in [5.74, 6) is 0. The van der Waals surface area contributed by atoms with Crippen LogP contribution in [0.15, 0.2) is 0 Å². The third-order valence-electron chi connectivity index (χ3n) is 1.18. The molecule has 80 valence electrons. The van der Waals surface area contributed by atoms with Gasteiger partial charge < -0.3 is 0 Å². The maximum absolute atomic E-state index is 12.0. The Morgan fingerprint density at radius 3 is 1.46 bits per heavy atom. The van der Waals surface area contributed by atoms with E-state index in [1.807, 2.05) is 27.7 Å². The van der Waals surface area contributed by atoms with Crippen molar-refractivity contribution >= 4 is 7.75 Å². The van der Waals surface area contributed by atoms with Crippen molar-refractivity contribution in [1.82, 2.24) is 4.67 Å². The average Bonchev–Trinajstić information content (AvgIpc) is 1.82. The van der Waals surface area contributed by atoms with Gasteiger partial charge in [0, 0.05) is 0 Å². The van der Waals surface area contributed by atoms with E-state index in [1.165, 1.54) is 4.67 Å². The van der Waals surface area contributed by atoms with Gasteiger partial charge in [-0.1, -0.05) is 0 Å². The van der Waals surface area contributed by atoms with Crippen molar-refractivity contribution in [3.05, 3.63) is 0 Å². The van der Waals surface area contributed by atoms with Crippen molar-refractivity contribution in [2.75, 3.05) is 14.1 Å². The minimum atomic E-state index is -3.07. The van der Waals surface area contributed by atoms with Crippen LogP contribution < -0.4 is 0 Å². The lowest BCUT2D eigenvalue weighted by atomic mass is 10.5. The van der Waals surface area contributed by atoms with Crippen LogP contribution >= 0.6 is 7.75 Å². The molecule has 0 saturated heterocycles. The Balaban J connectivity index is 4.45. The van der Waals surface area contributed by atoms with Crippen molar-refractivity contribution in [3.8, 4) is 0 Å². The van der Waals surface area contributed by atoms with Crippen LogP contribution in [-0.4, -0.2) is 31.0 Å². The third-order valence-corrected chi connectivity index (χ3v) is 3.53. The second-order valence-electron chi connectivity index (χ2n) is 3.62. The number of rotatable bonds is 5. The Morgan fingerprint density at radius 2 is 1.31 bits per heavy atom. The molecule has 0 aliphatic carbocycles. The molecule has 0 bridgehead atoms. The molecule has 0 aromatic heterocycles. The van der Waals surface area contributed by atoms with Crippen molar-refractivity contribution in [1.29, 1.82) is 0 Å². The fourth-order valence-electron chi connectivity index (χ4n) is 0.746. The van der Waals surface area contributed by atoms with Gasteiger partial charge >= 0.3 is 7.75 Å². The molecule has 0 atom stereocenters. The highest BCUT2D eigenvalue weighted by molar-refractivity contribution is 7.51. The largest absolute Gasteiger partial charge is 0.408 e. The lowest BCUT2D eigenvalue weighted by Crippen LogP contribution is -2.18. The maximum atomic E-state index is 12.0. The van der Waals surface area contributed by atoms with E-state index in [4.69, 9.17) is 9.05 Å². The fourth-order valence-corrected chi connectivity index (χ4v) is 2.24. The first kappa shape index (κ1) is 13.1. The zero-order valence-corrected chi connectivity index (χ0v) is 10.2. The van der Waals surface area contributed by atoms with Crippen molar-refractivity contribution in [3.63, 3.8) is 0 Å². The van der Waals surface area contributed by atoms with E-state index >= 15 is 0 Å². The lowest BCUT2D eigenvalue weighted by Gasteiger charge is -2.26. The highest BCUT2D eigenvalue weighted by Gasteiger charge is 2.30. The van der Waals surface area contributed by atoms with Crippen LogP contribution in [0.2, 0.25) is 0 Å². The second-order valence-corrected chi connectivity index (χ2v) is 5.78. The van der Waals surface area contributed by atoms with Crippen LogP contribution in [0.1, 0.15) is 27.7 Å². The molecule has 0 aromatic rings. The van der Waals surface area contributed by atoms with E-state index in [9.17, 15) is 4.57 Å². The molecule has 0 aliphatic heterocycles. The van der Waals surface area contributed by atoms with Crippen molar-refractivity contribution in [2.24, 2.45) is 0 Å². The minimum absolute atomic E-state index is 0.105. The maximum Gasteiger partial charge on any atom is 0.408 e. The Morgan fingerprint density at radius 1 is 1.00 bits per heavy atom. The minimum Gasteiger partial charge on any atom is -0.294 e. The van der Waals surface area contributed by atoms with Gasteiger partial charge in [-0.2, -0.15) is 0 Å². The van der Waals surface area contributed by atoms with Crippen molar-refractivity contribution < 1.29 is 13.6 Å². The average molecular weight is 209 g/mol. The highest BCUT2D eigenvalue weighted by atomic mass is 31.2. The molecule has 0 fully saturated rings. The van der Waals surface area contributed by atoms with Crippen LogP contribution in [-0.2, 0) is 13.6 Å². The van der Waals surface area contributed by atoms with Crippen LogP contribution in [0.5, 0.6) is 0 Å². The van der Waals surface area contributed by atoms with Gasteiger partial charge in [0.05, 0.1) is 12.2 Å². The summed E-state index contributed by atoms with van der Waals surface area (Å²) in [6, 6.07) is 0. The molecular formula is C8H20NO3P. The molecule has 0 unspecified atom stereocenters. The summed E-state index contributed by atoms with van der Waals surface area (Å²) < 4.78 is 24.0. The lowest BCUT2D eigenvalue weighted by molar-refractivity contribution is 0.116. The predicted octanol–water partition coefficient (Wildman–Crippen LogP) is 2.51. The van der Waals surface area contributed by atoms with E-state index in [1.54, 1.807) is 14.1 Å². The van der Waals surface area contributed by atoms with Gasteiger partial charge in [-0.15, -0.1) is 0 Å². The van der Waals surface area contributed by atoms with Gasteiger partial charge in [-0.25, -0.2) is 9.24 Å². The van der Waals surface area contributed by atoms with Gasteiger partial charge in [0.2, 0.25) is 0 Å². The first-order valence-electron chi connectivity index (χ1n) is 4.42. The number of hydrogen-bond acceptors (Lipinski definition) is 3. The Bertz CT molecular complexity index is 178. The van der Waals surface area contributed by atoms with E-state index in [0.717, 1.165) is 0 Å². The van der Waals surface area contributed by atoms with Crippen LogP contribution in [0.25, 0.3) is 0 Å². The molecule has 0 spiro atoms. The summed E-state index contributed by atoms with van der Waals surface area (Å²) in [6.45, 7) is 7.33. The highest BCUT2D eigenvalue weighted by Crippen LogP contribution is 2.51. The van der Waals surface area contributed by atoms with Gasteiger partial charge in [-0.05, 0) is 41.8 Å². The number of nitrogens with zero attached hydrogens (tertiary/aromatic N) is 1. The topological polar surface area (TPSA) is 38.8 Å². The van der Waals surface area contributed by atoms with Gasteiger partial charge in [0.25, 0.3) is 0 Å². The van der Waals surface area contributed by atoms with E-state index in [-0.39, 0.29) is 12.2 Å². The molecule has 0 aromatic carbocycles. The fraction of sp³-hybridized carbons (Fsp3) is 1.00. The van der Waals surface area contributed by atoms with E-state index in [0.29, 0.717) is 0 Å². The summed E-state index contributed by atoms with van der Waals surface area (Å²) >= 11 is 0. The Kier molecular flexibility index (Phi) is 5.15. The van der Waals surface area contributed by atoms with Gasteiger partial charge in [-0.3, -0.25) is 9.05 Å². The first-order valence-corrected chi connectivity index (χ1v) is 5.92. The summed E-state index contributed by atoms with van der Waals surface area (Å²) in [7, 11) is 0.302. The molecule has 0 N–H and O–H groups in total. The van der Waals surface area contributed by atoms with Crippen LogP contribution in [0, 0.1) is 0 Å². The standard InChI is InChI=1S/C8H20NO3P/c1-7(2)11-13(10,9(5)6)12-8(3)4/h7-8H,1-6H3. The quantitative estimate of drug-likeness (QED) is 0.652. The van der Waals surface area contributed by atoms with Gasteiger partial charge in [0.15, 0.2) is 0 Å². The molecule has 0 saturated carbocycles. The summed E-state index contributed by atoms with van der Waals surface area (Å²) in [6.07, 6.45) is -0.209. The van der Waals surface area contributed by atoms with E-state index < -0.39 is 7.75 Å². The predicted molar refractivity (Wildman–Crippen MR) is 53.7 cm³/mol. The summed E-state index contributed by atoms with van der Waals surface area (Å²) in [5, 5.41) is 0. The molecule has 5 heteroatoms. The molecule has 0 heterocycles. The molecule has 0 aliphatic rings. The first-order chi connectivity index (χ1) is 5.78. The smallest absolute Gasteiger partial charge is 0.294 e. The monoisotopic (exact) mass is 209 g/mol.